The van der Waals surface area contributed by atoms with Gasteiger partial charge in [0.1, 0.15) is 11.4 Å². The number of aromatic carboxylic acids is 1. The molecule has 0 aliphatic carbocycles. The van der Waals surface area contributed by atoms with Gasteiger partial charge >= 0.3 is 5.97 Å². The predicted octanol–water partition coefficient (Wildman–Crippen LogP) is 0.720. The average Bonchev–Trinajstić information content (AvgIpc) is 2.47. The summed E-state index contributed by atoms with van der Waals surface area (Å²) < 4.78 is 0. The van der Waals surface area contributed by atoms with Crippen LogP contribution < -0.4 is 0 Å². The van der Waals surface area contributed by atoms with Crippen molar-refractivity contribution < 1.29 is 19.5 Å². The van der Waals surface area contributed by atoms with Crippen LogP contribution in [0.25, 0.3) is 0 Å². The number of nitrogens with zero attached hydrogens (tertiary/aromatic N) is 3. The number of rotatable bonds is 6. The van der Waals surface area contributed by atoms with Crippen molar-refractivity contribution in [1.29, 1.82) is 0 Å². The highest BCUT2D eigenvalue weighted by molar-refractivity contribution is 5.96. The lowest BCUT2D eigenvalue weighted by molar-refractivity contribution is -0.131. The molecule has 0 aromatic carbocycles. The molecule has 0 saturated carbocycles. The Morgan fingerprint density at radius 1 is 1.14 bits per heavy atom. The fourth-order valence-corrected chi connectivity index (χ4v) is 1.82. The minimum absolute atomic E-state index is 0.00440. The summed E-state index contributed by atoms with van der Waals surface area (Å²) in [6.45, 7) is 4.80. The third-order valence-corrected chi connectivity index (χ3v) is 3.02. The van der Waals surface area contributed by atoms with Crippen molar-refractivity contribution in [2.75, 3.05) is 26.7 Å². The van der Waals surface area contributed by atoms with E-state index in [0.717, 1.165) is 0 Å². The summed E-state index contributed by atoms with van der Waals surface area (Å²) in [7, 11) is 1.48. The molecule has 1 aromatic heterocycles. The third kappa shape index (κ3) is 4.27. The molecule has 0 unspecified atom stereocenters. The van der Waals surface area contributed by atoms with Gasteiger partial charge in [0, 0.05) is 20.1 Å². The zero-order chi connectivity index (χ0) is 16.0. The van der Waals surface area contributed by atoms with Crippen molar-refractivity contribution in [3.63, 3.8) is 0 Å². The van der Waals surface area contributed by atoms with Crippen LogP contribution in [0.4, 0.5) is 0 Å². The Kier molecular flexibility index (Phi) is 5.83. The normalized spacial score (nSPS) is 10.0. The van der Waals surface area contributed by atoms with E-state index < -0.39 is 11.9 Å². The Bertz CT molecular complexity index is 541. The number of carboxylic acids is 1. The Morgan fingerprint density at radius 3 is 2.24 bits per heavy atom. The summed E-state index contributed by atoms with van der Waals surface area (Å²) >= 11 is 0. The number of hydrogen-bond donors (Lipinski definition) is 1. The summed E-state index contributed by atoms with van der Waals surface area (Å²) in [6, 6.07) is 4.18. The first-order chi connectivity index (χ1) is 9.90. The van der Waals surface area contributed by atoms with E-state index in [1.807, 2.05) is 13.8 Å². The Hall–Kier alpha value is -2.44. The third-order valence-electron chi connectivity index (χ3n) is 3.02. The molecule has 0 fully saturated rings. The van der Waals surface area contributed by atoms with Gasteiger partial charge in [0.2, 0.25) is 5.91 Å². The van der Waals surface area contributed by atoms with E-state index >= 15 is 0 Å². The van der Waals surface area contributed by atoms with Crippen LogP contribution in [-0.4, -0.2) is 64.4 Å². The molecule has 0 aliphatic rings. The summed E-state index contributed by atoms with van der Waals surface area (Å²) in [5, 5.41) is 8.86. The summed E-state index contributed by atoms with van der Waals surface area (Å²) in [6.07, 6.45) is 0. The number of hydrogen-bond acceptors (Lipinski definition) is 4. The molecule has 1 N–H and O–H groups in total. The maximum Gasteiger partial charge on any atom is 0.354 e. The molecule has 0 atom stereocenters. The second kappa shape index (κ2) is 7.37. The maximum atomic E-state index is 12.2. The molecule has 0 bridgehead atoms. The zero-order valence-electron chi connectivity index (χ0n) is 12.4. The van der Waals surface area contributed by atoms with Gasteiger partial charge in [-0.05, 0) is 26.0 Å². The molecule has 1 heterocycles. The lowest BCUT2D eigenvalue weighted by Crippen LogP contribution is -2.41. The first-order valence-electron chi connectivity index (χ1n) is 6.64. The van der Waals surface area contributed by atoms with Crippen LogP contribution in [0.3, 0.4) is 0 Å². The molecule has 0 aliphatic heterocycles. The van der Waals surface area contributed by atoms with Crippen LogP contribution in [-0.2, 0) is 4.79 Å². The minimum Gasteiger partial charge on any atom is -0.477 e. The topological polar surface area (TPSA) is 90.8 Å². The summed E-state index contributed by atoms with van der Waals surface area (Å²) in [5.41, 5.74) is -0.200. The van der Waals surface area contributed by atoms with Crippen molar-refractivity contribution in [2.24, 2.45) is 0 Å². The lowest BCUT2D eigenvalue weighted by atomic mass is 10.2. The highest BCUT2D eigenvalue weighted by atomic mass is 16.4. The molecule has 0 spiro atoms. The van der Waals surface area contributed by atoms with Gasteiger partial charge < -0.3 is 14.9 Å². The number of likely N-dealkylation sites (N-methyl/N-ethyl adjacent to an activating group) is 2. The summed E-state index contributed by atoms with van der Waals surface area (Å²) in [5.74, 6) is -1.85. The van der Waals surface area contributed by atoms with Gasteiger partial charge in [0.15, 0.2) is 0 Å². The largest absolute Gasteiger partial charge is 0.477 e. The van der Waals surface area contributed by atoms with Gasteiger partial charge in [-0.25, -0.2) is 9.78 Å². The number of carboxylic acid groups (broad SMARTS) is 1. The van der Waals surface area contributed by atoms with E-state index in [2.05, 4.69) is 4.98 Å². The van der Waals surface area contributed by atoms with Crippen LogP contribution in [0.1, 0.15) is 34.8 Å². The minimum atomic E-state index is -1.20. The molecule has 1 rings (SSSR count). The Labute approximate surface area is 123 Å². The summed E-state index contributed by atoms with van der Waals surface area (Å²) in [4.78, 5) is 41.6. The molecule has 114 valence electrons. The van der Waals surface area contributed by atoms with Gasteiger partial charge in [0.05, 0.1) is 6.54 Å². The van der Waals surface area contributed by atoms with Gasteiger partial charge in [-0.2, -0.15) is 0 Å². The smallest absolute Gasteiger partial charge is 0.354 e. The van der Waals surface area contributed by atoms with E-state index in [1.165, 1.54) is 30.1 Å². The standard InChI is InChI=1S/C14H19N3O4/c1-4-17(5-2)12(18)9-16(3)13(19)10-7-6-8-11(15-10)14(20)21/h6-8H,4-5,9H2,1-3H3,(H,20,21). The van der Waals surface area contributed by atoms with E-state index in [-0.39, 0.29) is 23.8 Å². The van der Waals surface area contributed by atoms with Crippen molar-refractivity contribution >= 4 is 17.8 Å². The molecule has 1 aromatic rings. The second-order valence-corrected chi connectivity index (χ2v) is 4.44. The maximum absolute atomic E-state index is 12.2. The molecule has 0 saturated heterocycles. The van der Waals surface area contributed by atoms with E-state index in [9.17, 15) is 14.4 Å². The second-order valence-electron chi connectivity index (χ2n) is 4.44. The monoisotopic (exact) mass is 293 g/mol. The predicted molar refractivity (Wildman–Crippen MR) is 76.1 cm³/mol. The first-order valence-corrected chi connectivity index (χ1v) is 6.64. The number of carbonyl (C=O) groups excluding carboxylic acids is 2. The van der Waals surface area contributed by atoms with E-state index in [4.69, 9.17) is 5.11 Å². The van der Waals surface area contributed by atoms with Crippen molar-refractivity contribution in [3.05, 3.63) is 29.6 Å². The van der Waals surface area contributed by atoms with Crippen LogP contribution in [0.5, 0.6) is 0 Å². The average molecular weight is 293 g/mol. The zero-order valence-corrected chi connectivity index (χ0v) is 12.4. The number of aromatic nitrogens is 1. The molecule has 2 amide bonds. The molecular weight excluding hydrogens is 274 g/mol. The van der Waals surface area contributed by atoms with Crippen LogP contribution in [0.15, 0.2) is 18.2 Å². The Morgan fingerprint density at radius 2 is 1.71 bits per heavy atom. The van der Waals surface area contributed by atoms with Gasteiger partial charge in [-0.1, -0.05) is 6.07 Å². The van der Waals surface area contributed by atoms with E-state index in [1.54, 1.807) is 4.90 Å². The SMILES string of the molecule is CCN(CC)C(=O)CN(C)C(=O)c1cccc(C(=O)O)n1. The number of amides is 2. The molecule has 21 heavy (non-hydrogen) atoms. The molecular formula is C14H19N3O4. The van der Waals surface area contributed by atoms with Gasteiger partial charge in [0.25, 0.3) is 5.91 Å². The molecule has 0 radical (unpaired) electrons. The van der Waals surface area contributed by atoms with Crippen LogP contribution in [0, 0.1) is 0 Å². The number of carbonyl (C=O) groups is 3. The van der Waals surface area contributed by atoms with Crippen molar-refractivity contribution in [3.8, 4) is 0 Å². The van der Waals surface area contributed by atoms with Crippen LogP contribution >= 0.6 is 0 Å². The Balaban J connectivity index is 2.81. The van der Waals surface area contributed by atoms with Crippen LogP contribution in [0.2, 0.25) is 0 Å². The van der Waals surface area contributed by atoms with Gasteiger partial charge in [-0.3, -0.25) is 9.59 Å². The fourth-order valence-electron chi connectivity index (χ4n) is 1.82. The van der Waals surface area contributed by atoms with Crippen molar-refractivity contribution in [1.82, 2.24) is 14.8 Å². The quantitative estimate of drug-likeness (QED) is 0.834. The first kappa shape index (κ1) is 16.6. The molecule has 7 nitrogen and oxygen atoms in total. The highest BCUT2D eigenvalue weighted by Crippen LogP contribution is 2.04. The van der Waals surface area contributed by atoms with E-state index in [0.29, 0.717) is 13.1 Å². The lowest BCUT2D eigenvalue weighted by Gasteiger charge is -2.23. The fraction of sp³-hybridized carbons (Fsp3) is 0.429. The molecule has 7 heteroatoms. The van der Waals surface area contributed by atoms with Crippen molar-refractivity contribution in [2.45, 2.75) is 13.8 Å². The van der Waals surface area contributed by atoms with Gasteiger partial charge in [-0.15, -0.1) is 0 Å². The number of pyridine rings is 1. The highest BCUT2D eigenvalue weighted by Gasteiger charge is 2.19.